The van der Waals surface area contributed by atoms with Crippen molar-refractivity contribution in [3.8, 4) is 44.5 Å². The maximum Gasteiger partial charge on any atom is 0.143 e. The SMILES string of the molecule is c1ccc(-c2cccc3c2oc2ccc(-c4ccc(N(c5ccc(-c6ccc7ccccc7c6)cc5)c5ccc(-c6ccc7ccc8ccccc8c7c6)cc5)cc4)cc23)cc1. The summed E-state index contributed by atoms with van der Waals surface area (Å²) in [6.45, 7) is 0. The van der Waals surface area contributed by atoms with Crippen molar-refractivity contribution in [2.75, 3.05) is 4.90 Å². The highest BCUT2D eigenvalue weighted by molar-refractivity contribution is 6.11. The molecule has 2 heteroatoms. The van der Waals surface area contributed by atoms with Gasteiger partial charge in [-0.1, -0.05) is 176 Å². The van der Waals surface area contributed by atoms with Crippen molar-refractivity contribution in [1.29, 1.82) is 0 Å². The second kappa shape index (κ2) is 14.8. The van der Waals surface area contributed by atoms with E-state index in [4.69, 9.17) is 4.42 Å². The zero-order valence-corrected chi connectivity index (χ0v) is 33.9. The molecular formula is C60H39NO. The van der Waals surface area contributed by atoms with Crippen LogP contribution in [0.15, 0.2) is 241 Å². The van der Waals surface area contributed by atoms with Gasteiger partial charge in [0.25, 0.3) is 0 Å². The van der Waals surface area contributed by atoms with Gasteiger partial charge in [0.1, 0.15) is 11.2 Å². The topological polar surface area (TPSA) is 16.4 Å². The summed E-state index contributed by atoms with van der Waals surface area (Å²) in [7, 11) is 0. The molecule has 11 aromatic carbocycles. The Morgan fingerprint density at radius 3 is 1.39 bits per heavy atom. The molecule has 0 N–H and O–H groups in total. The Hall–Kier alpha value is -8.20. The van der Waals surface area contributed by atoms with Gasteiger partial charge in [-0.3, -0.25) is 0 Å². The molecule has 0 aliphatic carbocycles. The minimum atomic E-state index is 0.891. The summed E-state index contributed by atoms with van der Waals surface area (Å²) >= 11 is 0. The van der Waals surface area contributed by atoms with Crippen LogP contribution in [0.25, 0.3) is 98.8 Å². The van der Waals surface area contributed by atoms with Gasteiger partial charge in [0.2, 0.25) is 0 Å². The minimum Gasteiger partial charge on any atom is -0.455 e. The number of para-hydroxylation sites is 1. The highest BCUT2D eigenvalue weighted by Gasteiger charge is 2.16. The van der Waals surface area contributed by atoms with Crippen LogP contribution in [0, 0.1) is 0 Å². The van der Waals surface area contributed by atoms with Gasteiger partial charge in [-0.2, -0.15) is 0 Å². The Balaban J connectivity index is 0.914. The van der Waals surface area contributed by atoms with Crippen molar-refractivity contribution in [3.05, 3.63) is 237 Å². The van der Waals surface area contributed by atoms with Crippen molar-refractivity contribution >= 4 is 71.3 Å². The molecule has 0 saturated carbocycles. The van der Waals surface area contributed by atoms with Crippen molar-refractivity contribution in [2.45, 2.75) is 0 Å². The number of rotatable bonds is 7. The number of benzene rings is 11. The van der Waals surface area contributed by atoms with Crippen LogP contribution in [0.3, 0.4) is 0 Å². The lowest BCUT2D eigenvalue weighted by molar-refractivity contribution is 0.670. The monoisotopic (exact) mass is 789 g/mol. The van der Waals surface area contributed by atoms with Gasteiger partial charge in [0.05, 0.1) is 0 Å². The predicted octanol–water partition coefficient (Wildman–Crippen LogP) is 17.2. The number of hydrogen-bond acceptors (Lipinski definition) is 2. The van der Waals surface area contributed by atoms with Crippen molar-refractivity contribution < 1.29 is 4.42 Å². The lowest BCUT2D eigenvalue weighted by Gasteiger charge is -2.26. The van der Waals surface area contributed by atoms with E-state index >= 15 is 0 Å². The zero-order chi connectivity index (χ0) is 41.0. The number of nitrogens with zero attached hydrogens (tertiary/aromatic N) is 1. The normalized spacial score (nSPS) is 11.5. The Kier molecular flexibility index (Phi) is 8.53. The Morgan fingerprint density at radius 1 is 0.258 bits per heavy atom. The summed E-state index contributed by atoms with van der Waals surface area (Å²) in [6, 6.07) is 85.4. The maximum absolute atomic E-state index is 6.50. The predicted molar refractivity (Wildman–Crippen MR) is 263 cm³/mol. The molecule has 12 aromatic rings. The van der Waals surface area contributed by atoms with Crippen LogP contribution < -0.4 is 4.90 Å². The van der Waals surface area contributed by atoms with E-state index in [2.05, 4.69) is 235 Å². The summed E-state index contributed by atoms with van der Waals surface area (Å²) in [6.07, 6.45) is 0. The lowest BCUT2D eigenvalue weighted by atomic mass is 9.97. The molecule has 0 unspecified atom stereocenters. The summed E-state index contributed by atoms with van der Waals surface area (Å²) in [5.74, 6) is 0. The van der Waals surface area contributed by atoms with E-state index in [1.54, 1.807) is 0 Å². The average molecular weight is 790 g/mol. The third kappa shape index (κ3) is 6.29. The van der Waals surface area contributed by atoms with Crippen LogP contribution in [0.2, 0.25) is 0 Å². The molecule has 2 nitrogen and oxygen atoms in total. The molecule has 0 aliphatic rings. The summed E-state index contributed by atoms with van der Waals surface area (Å²) in [5, 5.41) is 9.79. The molecule has 0 amide bonds. The van der Waals surface area contributed by atoms with Gasteiger partial charge >= 0.3 is 0 Å². The van der Waals surface area contributed by atoms with E-state index in [1.807, 2.05) is 6.07 Å². The van der Waals surface area contributed by atoms with Gasteiger partial charge in [-0.15, -0.1) is 0 Å². The number of furan rings is 1. The molecule has 1 heterocycles. The van der Waals surface area contributed by atoms with Gasteiger partial charge < -0.3 is 9.32 Å². The van der Waals surface area contributed by atoms with Crippen LogP contribution >= 0.6 is 0 Å². The van der Waals surface area contributed by atoms with E-state index in [1.165, 1.54) is 54.6 Å². The third-order valence-electron chi connectivity index (χ3n) is 12.5. The fraction of sp³-hybridized carbons (Fsp3) is 0. The first kappa shape index (κ1) is 35.7. The smallest absolute Gasteiger partial charge is 0.143 e. The maximum atomic E-state index is 6.50. The summed E-state index contributed by atoms with van der Waals surface area (Å²) in [4.78, 5) is 2.35. The molecule has 0 spiro atoms. The van der Waals surface area contributed by atoms with Crippen LogP contribution in [-0.4, -0.2) is 0 Å². The first-order valence-electron chi connectivity index (χ1n) is 21.2. The lowest BCUT2D eigenvalue weighted by Crippen LogP contribution is -2.09. The molecule has 0 radical (unpaired) electrons. The van der Waals surface area contributed by atoms with Gasteiger partial charge in [0.15, 0.2) is 0 Å². The first-order chi connectivity index (χ1) is 30.7. The van der Waals surface area contributed by atoms with Crippen LogP contribution in [0.4, 0.5) is 17.1 Å². The van der Waals surface area contributed by atoms with Crippen molar-refractivity contribution in [3.63, 3.8) is 0 Å². The van der Waals surface area contributed by atoms with Crippen molar-refractivity contribution in [1.82, 2.24) is 0 Å². The molecule has 0 saturated heterocycles. The Labute approximate surface area is 360 Å². The number of hydrogen-bond donors (Lipinski definition) is 0. The average Bonchev–Trinajstić information content (AvgIpc) is 3.73. The second-order valence-corrected chi connectivity index (χ2v) is 16.1. The first-order valence-corrected chi connectivity index (χ1v) is 21.2. The molecule has 1 aromatic heterocycles. The fourth-order valence-electron chi connectivity index (χ4n) is 9.23. The second-order valence-electron chi connectivity index (χ2n) is 16.1. The fourth-order valence-corrected chi connectivity index (χ4v) is 9.23. The highest BCUT2D eigenvalue weighted by Crippen LogP contribution is 2.41. The quantitative estimate of drug-likeness (QED) is 0.150. The molecule has 62 heavy (non-hydrogen) atoms. The number of anilines is 3. The van der Waals surface area contributed by atoms with E-state index in [0.29, 0.717) is 0 Å². The Bertz CT molecular complexity index is 3600. The molecule has 12 rings (SSSR count). The molecule has 0 bridgehead atoms. The zero-order valence-electron chi connectivity index (χ0n) is 33.9. The number of fused-ring (bicyclic) bond motifs is 7. The van der Waals surface area contributed by atoms with E-state index in [0.717, 1.165) is 61.3 Å². The van der Waals surface area contributed by atoms with Crippen LogP contribution in [-0.2, 0) is 0 Å². The molecule has 0 atom stereocenters. The minimum absolute atomic E-state index is 0.891. The molecule has 0 fully saturated rings. The van der Waals surface area contributed by atoms with E-state index < -0.39 is 0 Å². The van der Waals surface area contributed by atoms with Gasteiger partial charge in [0, 0.05) is 33.4 Å². The molecule has 290 valence electrons. The van der Waals surface area contributed by atoms with Crippen LogP contribution in [0.5, 0.6) is 0 Å². The van der Waals surface area contributed by atoms with E-state index in [-0.39, 0.29) is 0 Å². The molecular weight excluding hydrogens is 751 g/mol. The van der Waals surface area contributed by atoms with E-state index in [9.17, 15) is 0 Å². The largest absolute Gasteiger partial charge is 0.455 e. The van der Waals surface area contributed by atoms with Crippen LogP contribution in [0.1, 0.15) is 0 Å². The standard InChI is InChI=1S/C60H39NO/c1-2-10-44(11-3-1)55-15-8-16-56-58-39-50(29-36-59(58)62-60(55)56)43-27-34-53(35-28-43)61(51-30-23-41(24-31-51)48-21-17-40-9-4-5-13-47(40)37-48)52-32-25-42(26-33-52)49-22-20-46-19-18-45-12-6-7-14-54(45)57(46)38-49/h1-39H. The highest BCUT2D eigenvalue weighted by atomic mass is 16.3. The van der Waals surface area contributed by atoms with Gasteiger partial charge in [-0.05, 0) is 132 Å². The summed E-state index contributed by atoms with van der Waals surface area (Å²) in [5.41, 5.74) is 14.4. The molecule has 0 aliphatic heterocycles. The Morgan fingerprint density at radius 2 is 0.726 bits per heavy atom. The third-order valence-corrected chi connectivity index (χ3v) is 12.5. The summed E-state index contributed by atoms with van der Waals surface area (Å²) < 4.78 is 6.50. The van der Waals surface area contributed by atoms with Crippen molar-refractivity contribution in [2.24, 2.45) is 0 Å². The van der Waals surface area contributed by atoms with Gasteiger partial charge in [-0.25, -0.2) is 0 Å².